The minimum atomic E-state index is 0.568. The molecule has 0 bridgehead atoms. The van der Waals surface area contributed by atoms with Gasteiger partial charge in [-0.05, 0) is 58.7 Å². The molecular weight excluding hydrogens is 538 g/mol. The van der Waals surface area contributed by atoms with Gasteiger partial charge in [0.15, 0.2) is 0 Å². The summed E-state index contributed by atoms with van der Waals surface area (Å²) in [5.74, 6) is 2.21. The molecule has 0 spiro atoms. The Morgan fingerprint density at radius 1 is 0.455 bits per heavy atom. The van der Waals surface area contributed by atoms with Crippen molar-refractivity contribution in [2.24, 2.45) is 0 Å². The summed E-state index contributed by atoms with van der Waals surface area (Å²) in [7, 11) is 0. The predicted octanol–water partition coefficient (Wildman–Crippen LogP) is 10.4. The van der Waals surface area contributed by atoms with Gasteiger partial charge in [0.2, 0.25) is 5.88 Å². The van der Waals surface area contributed by atoms with Crippen molar-refractivity contribution >= 4 is 21.8 Å². The number of ether oxygens (including phenoxy) is 1. The van der Waals surface area contributed by atoms with Crippen molar-refractivity contribution in [1.82, 2.24) is 14.5 Å². The van der Waals surface area contributed by atoms with Crippen LogP contribution in [0.4, 0.5) is 0 Å². The second-order valence-electron chi connectivity index (χ2n) is 10.7. The fraction of sp³-hybridized carbons (Fsp3) is 0. The number of hydrogen-bond acceptors (Lipinski definition) is 3. The van der Waals surface area contributed by atoms with Gasteiger partial charge in [-0.1, -0.05) is 109 Å². The number of fused-ring (bicyclic) bond motifs is 3. The normalized spacial score (nSPS) is 11.2. The first-order chi connectivity index (χ1) is 21.8. The highest BCUT2D eigenvalue weighted by atomic mass is 16.5. The number of aromatic nitrogens is 3. The Hall–Kier alpha value is -6.00. The Bertz CT molecular complexity index is 2240. The van der Waals surface area contributed by atoms with Crippen molar-refractivity contribution < 1.29 is 4.74 Å². The number of pyridine rings is 2. The van der Waals surface area contributed by atoms with Crippen LogP contribution in [-0.4, -0.2) is 14.5 Å². The largest absolute Gasteiger partial charge is 0.439 e. The molecule has 0 saturated heterocycles. The summed E-state index contributed by atoms with van der Waals surface area (Å²) in [6.45, 7) is 0. The Morgan fingerprint density at radius 2 is 1.16 bits per heavy atom. The van der Waals surface area contributed by atoms with Crippen LogP contribution in [0.25, 0.3) is 61.0 Å². The monoisotopic (exact) mass is 565 g/mol. The Kier molecular flexibility index (Phi) is 6.43. The molecule has 0 amide bonds. The van der Waals surface area contributed by atoms with Crippen molar-refractivity contribution in [3.63, 3.8) is 0 Å². The minimum Gasteiger partial charge on any atom is -0.439 e. The first-order valence-corrected chi connectivity index (χ1v) is 14.7. The molecule has 8 rings (SSSR count). The quantitative estimate of drug-likeness (QED) is 0.201. The molecule has 4 heteroatoms. The lowest BCUT2D eigenvalue weighted by Crippen LogP contribution is -2.01. The molecule has 0 radical (unpaired) electrons. The highest BCUT2D eigenvalue weighted by molar-refractivity contribution is 6.10. The summed E-state index contributed by atoms with van der Waals surface area (Å²) < 4.78 is 8.36. The van der Waals surface area contributed by atoms with Gasteiger partial charge in [0.1, 0.15) is 11.6 Å². The Balaban J connectivity index is 1.33. The molecule has 0 aliphatic rings. The highest BCUT2D eigenvalue weighted by Gasteiger charge is 2.18. The van der Waals surface area contributed by atoms with E-state index in [0.717, 1.165) is 56.0 Å². The van der Waals surface area contributed by atoms with Crippen LogP contribution in [0.15, 0.2) is 164 Å². The molecule has 0 fully saturated rings. The van der Waals surface area contributed by atoms with Gasteiger partial charge in [-0.2, -0.15) is 0 Å². The summed E-state index contributed by atoms with van der Waals surface area (Å²) >= 11 is 0. The standard InChI is InChI=1S/C40H27N3O/c1-3-12-28(13-4-1)32-25-36(29-14-5-2-6-15-29)40(42-27-32)43-37-19-8-7-18-34(37)35-22-21-31(26-38(35)43)30-16-11-17-33(24-30)44-39-20-9-10-23-41-39/h1-27H. The molecule has 3 aromatic heterocycles. The van der Waals surface area contributed by atoms with Gasteiger partial charge in [-0.25, -0.2) is 9.97 Å². The van der Waals surface area contributed by atoms with E-state index in [4.69, 9.17) is 9.72 Å². The summed E-state index contributed by atoms with van der Waals surface area (Å²) in [5, 5.41) is 2.37. The van der Waals surface area contributed by atoms with Crippen LogP contribution in [-0.2, 0) is 0 Å². The Morgan fingerprint density at radius 3 is 1.98 bits per heavy atom. The van der Waals surface area contributed by atoms with Gasteiger partial charge in [0.25, 0.3) is 0 Å². The predicted molar refractivity (Wildman–Crippen MR) is 179 cm³/mol. The molecular formula is C40H27N3O. The zero-order valence-electron chi connectivity index (χ0n) is 23.8. The SMILES string of the molecule is c1ccc(-c2cnc(-n3c4ccccc4c4ccc(-c5cccc(Oc6ccccn6)c5)cc43)c(-c3ccccc3)c2)cc1. The van der Waals surface area contributed by atoms with Crippen molar-refractivity contribution in [3.05, 3.63) is 164 Å². The number of benzene rings is 5. The van der Waals surface area contributed by atoms with E-state index in [2.05, 4.69) is 125 Å². The topological polar surface area (TPSA) is 39.9 Å². The maximum Gasteiger partial charge on any atom is 0.219 e. The molecule has 0 unspecified atom stereocenters. The minimum absolute atomic E-state index is 0.568. The summed E-state index contributed by atoms with van der Waals surface area (Å²) in [5.41, 5.74) is 8.78. The zero-order chi connectivity index (χ0) is 29.3. The molecule has 44 heavy (non-hydrogen) atoms. The van der Waals surface area contributed by atoms with Crippen LogP contribution in [0.2, 0.25) is 0 Å². The number of hydrogen-bond donors (Lipinski definition) is 0. The third-order valence-electron chi connectivity index (χ3n) is 7.97. The fourth-order valence-electron chi connectivity index (χ4n) is 5.90. The molecule has 0 N–H and O–H groups in total. The lowest BCUT2D eigenvalue weighted by Gasteiger charge is -2.15. The summed E-state index contributed by atoms with van der Waals surface area (Å²) in [6.07, 6.45) is 3.72. The number of rotatable bonds is 6. The average molecular weight is 566 g/mol. The molecule has 8 aromatic rings. The van der Waals surface area contributed by atoms with Crippen LogP contribution >= 0.6 is 0 Å². The maximum atomic E-state index is 6.06. The lowest BCUT2D eigenvalue weighted by atomic mass is 10.0. The molecule has 5 aromatic carbocycles. The van der Waals surface area contributed by atoms with Crippen molar-refractivity contribution in [3.8, 4) is 50.8 Å². The van der Waals surface area contributed by atoms with E-state index < -0.39 is 0 Å². The average Bonchev–Trinajstić information content (AvgIpc) is 3.43. The molecule has 0 atom stereocenters. The van der Waals surface area contributed by atoms with E-state index in [1.165, 1.54) is 10.8 Å². The van der Waals surface area contributed by atoms with E-state index in [-0.39, 0.29) is 0 Å². The van der Waals surface area contributed by atoms with E-state index in [0.29, 0.717) is 5.88 Å². The van der Waals surface area contributed by atoms with Crippen LogP contribution in [0.3, 0.4) is 0 Å². The third-order valence-corrected chi connectivity index (χ3v) is 7.97. The first kappa shape index (κ1) is 25.7. The van der Waals surface area contributed by atoms with Gasteiger partial charge in [-0.3, -0.25) is 4.57 Å². The molecule has 0 saturated carbocycles. The van der Waals surface area contributed by atoms with Gasteiger partial charge < -0.3 is 4.74 Å². The van der Waals surface area contributed by atoms with E-state index in [9.17, 15) is 0 Å². The van der Waals surface area contributed by atoms with Gasteiger partial charge in [0.05, 0.1) is 11.0 Å². The molecule has 4 nitrogen and oxygen atoms in total. The number of para-hydroxylation sites is 1. The summed E-state index contributed by atoms with van der Waals surface area (Å²) in [4.78, 5) is 9.49. The smallest absolute Gasteiger partial charge is 0.219 e. The second-order valence-corrected chi connectivity index (χ2v) is 10.7. The van der Waals surface area contributed by atoms with Crippen LogP contribution in [0, 0.1) is 0 Å². The zero-order valence-corrected chi connectivity index (χ0v) is 23.8. The van der Waals surface area contributed by atoms with Crippen molar-refractivity contribution in [1.29, 1.82) is 0 Å². The highest BCUT2D eigenvalue weighted by Crippen LogP contribution is 2.38. The lowest BCUT2D eigenvalue weighted by molar-refractivity contribution is 0.463. The molecule has 0 aliphatic heterocycles. The number of nitrogens with zero attached hydrogens (tertiary/aromatic N) is 3. The molecule has 208 valence electrons. The third kappa shape index (κ3) is 4.69. The van der Waals surface area contributed by atoms with Crippen LogP contribution < -0.4 is 4.74 Å². The van der Waals surface area contributed by atoms with Gasteiger partial charge in [0, 0.05) is 40.4 Å². The first-order valence-electron chi connectivity index (χ1n) is 14.7. The van der Waals surface area contributed by atoms with Gasteiger partial charge >= 0.3 is 0 Å². The van der Waals surface area contributed by atoms with E-state index in [1.54, 1.807) is 6.20 Å². The van der Waals surface area contributed by atoms with Gasteiger partial charge in [-0.15, -0.1) is 0 Å². The van der Waals surface area contributed by atoms with Crippen LogP contribution in [0.1, 0.15) is 0 Å². The van der Waals surface area contributed by atoms with Crippen molar-refractivity contribution in [2.45, 2.75) is 0 Å². The van der Waals surface area contributed by atoms with E-state index >= 15 is 0 Å². The van der Waals surface area contributed by atoms with Crippen molar-refractivity contribution in [2.75, 3.05) is 0 Å². The molecule has 0 aliphatic carbocycles. The van der Waals surface area contributed by atoms with E-state index in [1.807, 2.05) is 42.6 Å². The Labute approximate surface area is 255 Å². The molecule has 3 heterocycles. The summed E-state index contributed by atoms with van der Waals surface area (Å²) in [6, 6.07) is 52.2. The fourth-order valence-corrected chi connectivity index (χ4v) is 5.90. The maximum absolute atomic E-state index is 6.06. The second kappa shape index (κ2) is 11.0. The van der Waals surface area contributed by atoms with Crippen LogP contribution in [0.5, 0.6) is 11.6 Å².